The molecule has 0 bridgehead atoms. The molecule has 0 radical (unpaired) electrons. The highest BCUT2D eigenvalue weighted by atomic mass is 32.1. The quantitative estimate of drug-likeness (QED) is 0.641. The second kappa shape index (κ2) is 7.76. The molecule has 1 N–H and O–H groups in total. The maximum Gasteiger partial charge on any atom is 0.248 e. The van der Waals surface area contributed by atoms with Gasteiger partial charge in [0.25, 0.3) is 0 Å². The van der Waals surface area contributed by atoms with Crippen molar-refractivity contribution in [2.45, 2.75) is 13.0 Å². The molecule has 1 aliphatic rings. The Hall–Kier alpha value is -2.92. The minimum absolute atomic E-state index is 0.208. The van der Waals surface area contributed by atoms with Gasteiger partial charge in [-0.05, 0) is 59.3 Å². The maximum absolute atomic E-state index is 13.0. The first-order valence-electron chi connectivity index (χ1n) is 8.83. The highest BCUT2D eigenvalue weighted by Gasteiger charge is 2.19. The zero-order valence-corrected chi connectivity index (χ0v) is 15.5. The number of hydrogen-bond acceptors (Lipinski definition) is 3. The molecule has 3 aromatic rings. The van der Waals surface area contributed by atoms with Gasteiger partial charge in [0.05, 0.1) is 11.4 Å². The Morgan fingerprint density at radius 3 is 2.78 bits per heavy atom. The van der Waals surface area contributed by atoms with E-state index in [2.05, 4.69) is 21.7 Å². The molecule has 136 valence electrons. The molecular formula is C22H19FN2OS. The molecule has 3 nitrogen and oxygen atoms in total. The lowest BCUT2D eigenvalue weighted by atomic mass is 10.1. The van der Waals surface area contributed by atoms with Gasteiger partial charge in [-0.3, -0.25) is 4.79 Å². The number of para-hydroxylation sites is 2. The number of benzene rings is 2. The van der Waals surface area contributed by atoms with Gasteiger partial charge < -0.3 is 10.2 Å². The minimum Gasteiger partial charge on any atom is -0.365 e. The Morgan fingerprint density at radius 2 is 1.93 bits per heavy atom. The van der Waals surface area contributed by atoms with E-state index in [1.54, 1.807) is 18.2 Å². The number of nitrogens with one attached hydrogen (secondary N) is 1. The lowest BCUT2D eigenvalue weighted by molar-refractivity contribution is -0.111. The molecule has 0 unspecified atom stereocenters. The van der Waals surface area contributed by atoms with Gasteiger partial charge in [0.15, 0.2) is 0 Å². The highest BCUT2D eigenvalue weighted by molar-refractivity contribution is 7.10. The molecule has 0 saturated carbocycles. The summed E-state index contributed by atoms with van der Waals surface area (Å²) in [5, 5.41) is 5.11. The van der Waals surface area contributed by atoms with Crippen molar-refractivity contribution in [1.82, 2.24) is 0 Å². The number of thiophene rings is 1. The van der Waals surface area contributed by atoms with E-state index in [9.17, 15) is 9.18 Å². The number of anilines is 2. The molecule has 0 fully saturated rings. The summed E-state index contributed by atoms with van der Waals surface area (Å²) in [5.41, 5.74) is 3.97. The first-order chi connectivity index (χ1) is 13.2. The molecule has 27 heavy (non-hydrogen) atoms. The molecule has 5 heteroatoms. The average Bonchev–Trinajstić information content (AvgIpc) is 3.16. The molecule has 4 rings (SSSR count). The van der Waals surface area contributed by atoms with Gasteiger partial charge in [-0.25, -0.2) is 4.39 Å². The monoisotopic (exact) mass is 378 g/mol. The fourth-order valence-corrected chi connectivity index (χ4v) is 4.12. The third-order valence-electron chi connectivity index (χ3n) is 4.61. The summed E-state index contributed by atoms with van der Waals surface area (Å²) in [5.74, 6) is -0.499. The molecule has 2 aromatic carbocycles. The number of carbonyl (C=O) groups is 1. The van der Waals surface area contributed by atoms with E-state index in [0.29, 0.717) is 0 Å². The summed E-state index contributed by atoms with van der Waals surface area (Å²) in [6.45, 7) is 1.79. The van der Waals surface area contributed by atoms with Crippen LogP contribution in [0, 0.1) is 5.82 Å². The summed E-state index contributed by atoms with van der Waals surface area (Å²) in [7, 11) is 0. The number of carbonyl (C=O) groups excluding carboxylic acids is 1. The average molecular weight is 378 g/mol. The molecule has 2 heterocycles. The van der Waals surface area contributed by atoms with Crippen LogP contribution >= 0.6 is 11.3 Å². The first-order valence-corrected chi connectivity index (χ1v) is 9.71. The standard InChI is InChI=1S/C22H19FN2OS/c23-18-8-5-16(6-9-18)7-10-22(26)24-19-3-1-2-4-20(19)25-13-11-21-17(15-25)12-14-27-21/h1-10,12,14H,11,13,15H2,(H,24,26)/b10-7+. The molecule has 0 saturated heterocycles. The zero-order valence-electron chi connectivity index (χ0n) is 14.7. The van der Waals surface area contributed by atoms with Crippen LogP contribution in [0.5, 0.6) is 0 Å². The van der Waals surface area contributed by atoms with Crippen LogP contribution in [0.25, 0.3) is 6.08 Å². The highest BCUT2D eigenvalue weighted by Crippen LogP contribution is 2.32. The van der Waals surface area contributed by atoms with Crippen molar-refractivity contribution < 1.29 is 9.18 Å². The van der Waals surface area contributed by atoms with Crippen LogP contribution in [-0.2, 0) is 17.8 Å². The van der Waals surface area contributed by atoms with Gasteiger partial charge >= 0.3 is 0 Å². The number of nitrogens with zero attached hydrogens (tertiary/aromatic N) is 1. The number of fused-ring (bicyclic) bond motifs is 1. The third-order valence-corrected chi connectivity index (χ3v) is 5.63. The van der Waals surface area contributed by atoms with Crippen LogP contribution in [0.2, 0.25) is 0 Å². The van der Waals surface area contributed by atoms with Crippen molar-refractivity contribution >= 4 is 34.7 Å². The second-order valence-corrected chi connectivity index (χ2v) is 7.43. The topological polar surface area (TPSA) is 32.3 Å². The Morgan fingerprint density at radius 1 is 1.11 bits per heavy atom. The van der Waals surface area contributed by atoms with Crippen LogP contribution in [0.4, 0.5) is 15.8 Å². The van der Waals surface area contributed by atoms with Crippen LogP contribution in [0.3, 0.4) is 0 Å². The van der Waals surface area contributed by atoms with Crippen LogP contribution in [0.1, 0.15) is 16.0 Å². The van der Waals surface area contributed by atoms with E-state index in [1.807, 2.05) is 35.6 Å². The van der Waals surface area contributed by atoms with Gasteiger partial charge in [0.2, 0.25) is 5.91 Å². The lowest BCUT2D eigenvalue weighted by Gasteiger charge is -2.30. The van der Waals surface area contributed by atoms with Crippen molar-refractivity contribution in [3.05, 3.63) is 87.9 Å². The van der Waals surface area contributed by atoms with E-state index in [1.165, 1.54) is 28.6 Å². The normalized spacial score (nSPS) is 13.6. The van der Waals surface area contributed by atoms with Crippen LogP contribution < -0.4 is 10.2 Å². The predicted molar refractivity (Wildman–Crippen MR) is 110 cm³/mol. The summed E-state index contributed by atoms with van der Waals surface area (Å²) in [6.07, 6.45) is 4.17. The second-order valence-electron chi connectivity index (χ2n) is 6.43. The number of amides is 1. The number of hydrogen-bond donors (Lipinski definition) is 1. The van der Waals surface area contributed by atoms with Crippen molar-refractivity contribution in [2.24, 2.45) is 0 Å². The van der Waals surface area contributed by atoms with Crippen molar-refractivity contribution in [3.63, 3.8) is 0 Å². The van der Waals surface area contributed by atoms with E-state index in [-0.39, 0.29) is 11.7 Å². The van der Waals surface area contributed by atoms with Crippen LogP contribution in [-0.4, -0.2) is 12.5 Å². The molecule has 1 amide bonds. The summed E-state index contributed by atoms with van der Waals surface area (Å²) in [4.78, 5) is 16.1. The summed E-state index contributed by atoms with van der Waals surface area (Å²) in [6, 6.07) is 16.1. The fraction of sp³-hybridized carbons (Fsp3) is 0.136. The Bertz CT molecular complexity index is 978. The van der Waals surface area contributed by atoms with Gasteiger partial charge in [0, 0.05) is 24.0 Å². The number of rotatable bonds is 4. The van der Waals surface area contributed by atoms with E-state index in [4.69, 9.17) is 0 Å². The smallest absolute Gasteiger partial charge is 0.248 e. The third kappa shape index (κ3) is 4.09. The number of halogens is 1. The predicted octanol–water partition coefficient (Wildman–Crippen LogP) is 5.10. The molecule has 1 aromatic heterocycles. The van der Waals surface area contributed by atoms with Gasteiger partial charge in [0.1, 0.15) is 5.82 Å². The SMILES string of the molecule is O=C(/C=C/c1ccc(F)cc1)Nc1ccccc1N1CCc2sccc2C1. The fourth-order valence-electron chi connectivity index (χ4n) is 3.23. The van der Waals surface area contributed by atoms with Crippen molar-refractivity contribution in [1.29, 1.82) is 0 Å². The Labute approximate surface area is 161 Å². The Kier molecular flexibility index (Phi) is 5.03. The van der Waals surface area contributed by atoms with Gasteiger partial charge in [-0.15, -0.1) is 11.3 Å². The van der Waals surface area contributed by atoms with Gasteiger partial charge in [-0.2, -0.15) is 0 Å². The summed E-state index contributed by atoms with van der Waals surface area (Å²) < 4.78 is 13.0. The Balaban J connectivity index is 1.48. The molecule has 1 aliphatic heterocycles. The van der Waals surface area contributed by atoms with Crippen LogP contribution in [0.15, 0.2) is 66.1 Å². The molecular weight excluding hydrogens is 359 g/mol. The maximum atomic E-state index is 13.0. The van der Waals surface area contributed by atoms with Gasteiger partial charge in [-0.1, -0.05) is 24.3 Å². The molecule has 0 spiro atoms. The van der Waals surface area contributed by atoms with E-state index < -0.39 is 0 Å². The summed E-state index contributed by atoms with van der Waals surface area (Å²) >= 11 is 1.81. The van der Waals surface area contributed by atoms with E-state index >= 15 is 0 Å². The molecule has 0 aliphatic carbocycles. The molecule has 0 atom stereocenters. The minimum atomic E-state index is -0.291. The largest absolute Gasteiger partial charge is 0.365 e. The first kappa shape index (κ1) is 17.5. The lowest BCUT2D eigenvalue weighted by Crippen LogP contribution is -2.30. The zero-order chi connectivity index (χ0) is 18.6. The van der Waals surface area contributed by atoms with Crippen molar-refractivity contribution in [2.75, 3.05) is 16.8 Å². The van der Waals surface area contributed by atoms with Crippen molar-refractivity contribution in [3.8, 4) is 0 Å². The van der Waals surface area contributed by atoms with E-state index in [0.717, 1.165) is 36.4 Å².